The highest BCUT2D eigenvalue weighted by Crippen LogP contribution is 2.16. The first-order valence-electron chi connectivity index (χ1n) is 5.57. The van der Waals surface area contributed by atoms with Crippen LogP contribution in [0.2, 0.25) is 0 Å². The summed E-state index contributed by atoms with van der Waals surface area (Å²) in [5.74, 6) is 0. The third-order valence-corrected chi connectivity index (χ3v) is 3.89. The van der Waals surface area contributed by atoms with Gasteiger partial charge in [0.25, 0.3) is 10.1 Å². The lowest BCUT2D eigenvalue weighted by molar-refractivity contribution is 0.155. The number of aliphatic hydroxyl groups excluding tert-OH is 1. The van der Waals surface area contributed by atoms with E-state index in [1.165, 1.54) is 0 Å². The minimum Gasteiger partial charge on any atom is -0.392 e. The number of hydrogen-bond acceptors (Lipinski definition) is 3. The molecule has 0 heterocycles. The van der Waals surface area contributed by atoms with E-state index < -0.39 is 21.5 Å². The molecule has 0 aliphatic carbocycles. The molecule has 0 aromatic carbocycles. The van der Waals surface area contributed by atoms with Gasteiger partial charge in [0.05, 0.1) is 6.10 Å². The smallest absolute Gasteiger partial charge is 0.270 e. The zero-order chi connectivity index (χ0) is 11.9. The van der Waals surface area contributed by atoms with Crippen LogP contribution < -0.4 is 0 Å². The summed E-state index contributed by atoms with van der Waals surface area (Å²) in [4.78, 5) is 0. The highest BCUT2D eigenvalue weighted by Gasteiger charge is 2.28. The number of rotatable bonds is 8. The summed E-state index contributed by atoms with van der Waals surface area (Å²) in [5.41, 5.74) is 0. The molecular formula is C10H22O4S. The maximum Gasteiger partial charge on any atom is 0.270 e. The van der Waals surface area contributed by atoms with E-state index >= 15 is 0 Å². The molecule has 0 aliphatic rings. The number of unbranched alkanes of at least 4 members (excludes halogenated alkanes) is 3. The van der Waals surface area contributed by atoms with Gasteiger partial charge >= 0.3 is 0 Å². The van der Waals surface area contributed by atoms with Gasteiger partial charge in [-0.2, -0.15) is 8.42 Å². The van der Waals surface area contributed by atoms with Crippen molar-refractivity contribution in [3.8, 4) is 0 Å². The molecule has 0 bridgehead atoms. The summed E-state index contributed by atoms with van der Waals surface area (Å²) in [7, 11) is -4.11. The molecule has 2 N–H and O–H groups in total. The van der Waals surface area contributed by atoms with Crippen molar-refractivity contribution < 1.29 is 18.1 Å². The molecule has 0 rings (SSSR count). The Labute approximate surface area is 92.4 Å². The van der Waals surface area contributed by atoms with Gasteiger partial charge < -0.3 is 5.11 Å². The van der Waals surface area contributed by atoms with E-state index in [9.17, 15) is 13.5 Å². The molecule has 5 heteroatoms. The lowest BCUT2D eigenvalue weighted by Gasteiger charge is -2.18. The van der Waals surface area contributed by atoms with Crippen LogP contribution in [-0.4, -0.2) is 29.4 Å². The van der Waals surface area contributed by atoms with Crippen molar-refractivity contribution in [2.75, 3.05) is 0 Å². The molecule has 0 aromatic rings. The predicted molar refractivity (Wildman–Crippen MR) is 60.4 cm³/mol. The van der Waals surface area contributed by atoms with Crippen LogP contribution >= 0.6 is 0 Å². The highest BCUT2D eigenvalue weighted by molar-refractivity contribution is 7.86. The molecule has 0 saturated carbocycles. The van der Waals surface area contributed by atoms with Crippen LogP contribution in [0.4, 0.5) is 0 Å². The van der Waals surface area contributed by atoms with Crippen LogP contribution in [0.25, 0.3) is 0 Å². The average molecular weight is 238 g/mol. The van der Waals surface area contributed by atoms with E-state index in [2.05, 4.69) is 6.92 Å². The number of aliphatic hydroxyl groups is 1. The van der Waals surface area contributed by atoms with E-state index in [0.717, 1.165) is 25.7 Å². The molecule has 0 fully saturated rings. The maximum atomic E-state index is 11.0. The second kappa shape index (κ2) is 7.19. The minimum absolute atomic E-state index is 0.341. The first kappa shape index (κ1) is 14.9. The lowest BCUT2D eigenvalue weighted by Crippen LogP contribution is -2.33. The summed E-state index contributed by atoms with van der Waals surface area (Å²) in [5, 5.41) is 8.46. The second-order valence-corrected chi connectivity index (χ2v) is 5.51. The molecule has 2 unspecified atom stereocenters. The summed E-state index contributed by atoms with van der Waals surface area (Å²) in [6.07, 6.45) is 3.54. The van der Waals surface area contributed by atoms with Crippen LogP contribution in [0, 0.1) is 0 Å². The molecule has 0 spiro atoms. The first-order chi connectivity index (χ1) is 6.93. The fourth-order valence-corrected chi connectivity index (χ4v) is 2.63. The summed E-state index contributed by atoms with van der Waals surface area (Å²) < 4.78 is 30.9. The SMILES string of the molecule is CCCCCCC(C(O)CC)S(=O)(=O)O. The van der Waals surface area contributed by atoms with E-state index in [0.29, 0.717) is 12.8 Å². The summed E-state index contributed by atoms with van der Waals surface area (Å²) in [6, 6.07) is 0. The molecule has 2 atom stereocenters. The summed E-state index contributed by atoms with van der Waals surface area (Å²) >= 11 is 0. The monoisotopic (exact) mass is 238 g/mol. The molecular weight excluding hydrogens is 216 g/mol. The van der Waals surface area contributed by atoms with Gasteiger partial charge in [-0.3, -0.25) is 4.55 Å². The summed E-state index contributed by atoms with van der Waals surface area (Å²) in [6.45, 7) is 3.77. The van der Waals surface area contributed by atoms with Crippen molar-refractivity contribution >= 4 is 10.1 Å². The van der Waals surface area contributed by atoms with E-state index in [1.54, 1.807) is 6.92 Å². The van der Waals surface area contributed by atoms with Gasteiger partial charge in [0, 0.05) is 0 Å². The minimum atomic E-state index is -4.11. The quantitative estimate of drug-likeness (QED) is 0.501. The Morgan fingerprint density at radius 1 is 1.13 bits per heavy atom. The Bertz CT molecular complexity index is 248. The van der Waals surface area contributed by atoms with Gasteiger partial charge in [-0.1, -0.05) is 39.5 Å². The predicted octanol–water partition coefficient (Wildman–Crippen LogP) is 1.98. The Hall–Kier alpha value is -0.130. The van der Waals surface area contributed by atoms with Crippen LogP contribution in [0.15, 0.2) is 0 Å². The molecule has 0 saturated heterocycles. The molecule has 92 valence electrons. The maximum absolute atomic E-state index is 11.0. The van der Waals surface area contributed by atoms with Crippen molar-refractivity contribution in [1.82, 2.24) is 0 Å². The standard InChI is InChI=1S/C10H22O4S/c1-3-5-6-7-8-10(9(11)4-2)15(12,13)14/h9-11H,3-8H2,1-2H3,(H,12,13,14). The van der Waals surface area contributed by atoms with Gasteiger partial charge in [-0.05, 0) is 12.8 Å². The van der Waals surface area contributed by atoms with E-state index in [-0.39, 0.29) is 0 Å². The molecule has 0 aromatic heterocycles. The average Bonchev–Trinajstić information content (AvgIpc) is 2.15. The highest BCUT2D eigenvalue weighted by atomic mass is 32.2. The molecule has 0 amide bonds. The van der Waals surface area contributed by atoms with E-state index in [4.69, 9.17) is 4.55 Å². The van der Waals surface area contributed by atoms with Crippen LogP contribution in [-0.2, 0) is 10.1 Å². The first-order valence-corrected chi connectivity index (χ1v) is 7.08. The molecule has 4 nitrogen and oxygen atoms in total. The van der Waals surface area contributed by atoms with Crippen LogP contribution in [0.3, 0.4) is 0 Å². The normalized spacial score (nSPS) is 16.3. The van der Waals surface area contributed by atoms with Gasteiger partial charge in [0.1, 0.15) is 5.25 Å². The van der Waals surface area contributed by atoms with Crippen molar-refractivity contribution in [2.24, 2.45) is 0 Å². The second-order valence-electron chi connectivity index (χ2n) is 3.88. The largest absolute Gasteiger partial charge is 0.392 e. The van der Waals surface area contributed by atoms with Crippen LogP contribution in [0.1, 0.15) is 52.4 Å². The van der Waals surface area contributed by atoms with Gasteiger partial charge in [-0.15, -0.1) is 0 Å². The molecule has 0 radical (unpaired) electrons. The van der Waals surface area contributed by atoms with Gasteiger partial charge in [0.15, 0.2) is 0 Å². The van der Waals surface area contributed by atoms with Crippen LogP contribution in [0.5, 0.6) is 0 Å². The Balaban J connectivity index is 4.16. The molecule has 15 heavy (non-hydrogen) atoms. The Morgan fingerprint density at radius 2 is 1.73 bits per heavy atom. The van der Waals surface area contributed by atoms with E-state index in [1.807, 2.05) is 0 Å². The Morgan fingerprint density at radius 3 is 2.13 bits per heavy atom. The van der Waals surface area contributed by atoms with Crippen molar-refractivity contribution in [1.29, 1.82) is 0 Å². The van der Waals surface area contributed by atoms with Gasteiger partial charge in [0.2, 0.25) is 0 Å². The zero-order valence-corrected chi connectivity index (χ0v) is 10.3. The number of hydrogen-bond donors (Lipinski definition) is 2. The van der Waals surface area contributed by atoms with Crippen molar-refractivity contribution in [2.45, 2.75) is 63.7 Å². The fourth-order valence-electron chi connectivity index (χ4n) is 1.58. The Kier molecular flexibility index (Phi) is 7.13. The van der Waals surface area contributed by atoms with Gasteiger partial charge in [-0.25, -0.2) is 0 Å². The van der Waals surface area contributed by atoms with Crippen molar-refractivity contribution in [3.63, 3.8) is 0 Å². The molecule has 0 aliphatic heterocycles. The zero-order valence-electron chi connectivity index (χ0n) is 9.52. The van der Waals surface area contributed by atoms with Crippen molar-refractivity contribution in [3.05, 3.63) is 0 Å². The lowest BCUT2D eigenvalue weighted by atomic mass is 10.1. The topological polar surface area (TPSA) is 74.6 Å². The third kappa shape index (κ3) is 6.12. The fraction of sp³-hybridized carbons (Fsp3) is 1.00. The third-order valence-electron chi connectivity index (χ3n) is 2.57.